The molecule has 1 saturated heterocycles. The average Bonchev–Trinajstić information content (AvgIpc) is 1.88. The maximum Gasteiger partial charge on any atom is 0.397 e. The van der Waals surface area contributed by atoms with Gasteiger partial charge in [0, 0.05) is 13.1 Å². The summed E-state index contributed by atoms with van der Waals surface area (Å²) >= 11 is 0. The number of nitrogens with two attached hydrogens (primary N) is 1. The number of hydrogen-bond acceptors (Lipinski definition) is 3. The van der Waals surface area contributed by atoms with Gasteiger partial charge in [-0.05, 0) is 0 Å². The van der Waals surface area contributed by atoms with Gasteiger partial charge in [0.1, 0.15) is 0 Å². The summed E-state index contributed by atoms with van der Waals surface area (Å²) in [6, 6.07) is 0. The van der Waals surface area contributed by atoms with Crippen molar-refractivity contribution in [2.75, 3.05) is 26.3 Å². The van der Waals surface area contributed by atoms with Crippen LogP contribution in [0.3, 0.4) is 0 Å². The van der Waals surface area contributed by atoms with Crippen LogP contribution in [0.15, 0.2) is 0 Å². The van der Waals surface area contributed by atoms with E-state index in [0.717, 1.165) is 26.3 Å². The lowest BCUT2D eigenvalue weighted by Gasteiger charge is -2.10. The van der Waals surface area contributed by atoms with E-state index >= 15 is 0 Å². The molecule has 0 bridgehead atoms. The van der Waals surface area contributed by atoms with Gasteiger partial charge in [0.25, 0.3) is 0 Å². The fraction of sp³-hybridized carbons (Fsp3) is 1.00. The Labute approximate surface area is 64.9 Å². The molecule has 0 atom stereocenters. The molecule has 0 aliphatic carbocycles. The fourth-order valence-corrected chi connectivity index (χ4v) is 0.516. The molecule has 1 fully saturated rings. The summed E-state index contributed by atoms with van der Waals surface area (Å²) in [4.78, 5) is 14.8. The summed E-state index contributed by atoms with van der Waals surface area (Å²) in [5.74, 6) is 0. The van der Waals surface area contributed by atoms with Crippen LogP contribution in [-0.2, 0) is 9.30 Å². The molecule has 1 rings (SSSR count). The summed E-state index contributed by atoms with van der Waals surface area (Å²) in [6.07, 6.45) is 0. The minimum Gasteiger partial charge on any atom is -0.379 e. The van der Waals surface area contributed by atoms with Gasteiger partial charge in [-0.3, -0.25) is 0 Å². The molecule has 1 heterocycles. The topological polar surface area (TPSA) is 105 Å². The first kappa shape index (κ1) is 11.0. The lowest BCUT2D eigenvalue weighted by Crippen LogP contribution is -2.30. The molecule has 0 aromatic heterocycles. The van der Waals surface area contributed by atoms with Crippen molar-refractivity contribution in [3.63, 3.8) is 0 Å². The highest BCUT2D eigenvalue weighted by Crippen LogP contribution is 2.20. The van der Waals surface area contributed by atoms with E-state index in [4.69, 9.17) is 19.1 Å². The molecule has 0 spiro atoms. The first-order valence-electron chi connectivity index (χ1n) is 3.13. The summed E-state index contributed by atoms with van der Waals surface area (Å²) in [5.41, 5.74) is 4.02. The van der Waals surface area contributed by atoms with Gasteiger partial charge >= 0.3 is 7.75 Å². The summed E-state index contributed by atoms with van der Waals surface area (Å²) in [5, 5.41) is 3.16. The Morgan fingerprint density at radius 3 is 1.82 bits per heavy atom. The van der Waals surface area contributed by atoms with Crippen molar-refractivity contribution in [2.24, 2.45) is 5.50 Å². The Kier molecular flexibility index (Phi) is 5.67. The Hall–Kier alpha value is 0.0300. The minimum absolute atomic E-state index is 0.889. The largest absolute Gasteiger partial charge is 0.397 e. The van der Waals surface area contributed by atoms with Crippen LogP contribution < -0.4 is 10.8 Å². The van der Waals surface area contributed by atoms with Crippen molar-refractivity contribution >= 4 is 7.75 Å². The zero-order chi connectivity index (χ0) is 8.74. The maximum atomic E-state index is 9.10. The Balaban J connectivity index is 0.000000187. The van der Waals surface area contributed by atoms with Gasteiger partial charge in [-0.15, -0.1) is 0 Å². The molecule has 0 unspecified atom stereocenters. The molecular weight excluding hydrogens is 171 g/mol. The SMILES string of the molecule is C1COCCN1.NP(=O)(O)O. The second kappa shape index (κ2) is 5.65. The van der Waals surface area contributed by atoms with Crippen LogP contribution >= 0.6 is 7.75 Å². The standard InChI is InChI=1S/C4H9NO.H4NO3P/c1-3-6-4-2-5-1;1-5(2,3)4/h5H,1-4H2;(H4,1,2,3,4). The minimum atomic E-state index is -4.14. The third-order valence-electron chi connectivity index (χ3n) is 0.846. The van der Waals surface area contributed by atoms with Gasteiger partial charge in [0.15, 0.2) is 0 Å². The van der Waals surface area contributed by atoms with Crippen molar-refractivity contribution in [3.05, 3.63) is 0 Å². The number of nitrogens with one attached hydrogen (secondary N) is 1. The smallest absolute Gasteiger partial charge is 0.379 e. The van der Waals surface area contributed by atoms with E-state index in [1.54, 1.807) is 0 Å². The van der Waals surface area contributed by atoms with Crippen LogP contribution in [0.5, 0.6) is 0 Å². The van der Waals surface area contributed by atoms with Crippen LogP contribution in [0.2, 0.25) is 0 Å². The van der Waals surface area contributed by atoms with Crippen LogP contribution in [0, 0.1) is 0 Å². The number of ether oxygens (including phenoxy) is 1. The molecule has 1 aliphatic rings. The molecule has 0 aromatic carbocycles. The van der Waals surface area contributed by atoms with Gasteiger partial charge in [0.05, 0.1) is 13.2 Å². The average molecular weight is 184 g/mol. The highest BCUT2D eigenvalue weighted by Gasteiger charge is 1.96. The first-order chi connectivity index (χ1) is 5.00. The van der Waals surface area contributed by atoms with E-state index in [2.05, 4.69) is 10.8 Å². The van der Waals surface area contributed by atoms with Crippen molar-refractivity contribution in [1.82, 2.24) is 5.32 Å². The highest BCUT2D eigenvalue weighted by atomic mass is 31.2. The highest BCUT2D eigenvalue weighted by molar-refractivity contribution is 7.49. The molecule has 0 saturated carbocycles. The van der Waals surface area contributed by atoms with E-state index in [-0.39, 0.29) is 0 Å². The molecular formula is C4H13N2O4P. The zero-order valence-electron chi connectivity index (χ0n) is 6.06. The van der Waals surface area contributed by atoms with Crippen LogP contribution in [0.4, 0.5) is 0 Å². The van der Waals surface area contributed by atoms with E-state index in [1.165, 1.54) is 0 Å². The normalized spacial score (nSPS) is 18.5. The molecule has 0 amide bonds. The predicted octanol–water partition coefficient (Wildman–Crippen LogP) is -1.36. The Morgan fingerprint density at radius 1 is 1.36 bits per heavy atom. The van der Waals surface area contributed by atoms with E-state index in [0.29, 0.717) is 0 Å². The summed E-state index contributed by atoms with van der Waals surface area (Å²) in [6.45, 7) is 3.83. The monoisotopic (exact) mass is 184 g/mol. The molecule has 6 nitrogen and oxygen atoms in total. The van der Waals surface area contributed by atoms with Crippen molar-refractivity contribution < 1.29 is 19.1 Å². The van der Waals surface area contributed by atoms with Gasteiger partial charge < -0.3 is 19.8 Å². The Morgan fingerprint density at radius 2 is 1.73 bits per heavy atom. The number of rotatable bonds is 0. The first-order valence-corrected chi connectivity index (χ1v) is 4.81. The van der Waals surface area contributed by atoms with Crippen LogP contribution in [0.1, 0.15) is 0 Å². The molecule has 11 heavy (non-hydrogen) atoms. The molecule has 7 heteroatoms. The molecule has 5 N–H and O–H groups in total. The second-order valence-corrected chi connectivity index (χ2v) is 3.13. The maximum absolute atomic E-state index is 9.10. The van der Waals surface area contributed by atoms with Gasteiger partial charge in [-0.25, -0.2) is 10.1 Å². The lowest BCUT2D eigenvalue weighted by atomic mass is 10.5. The lowest BCUT2D eigenvalue weighted by molar-refractivity contribution is 0.109. The third kappa shape index (κ3) is 17.8. The predicted molar refractivity (Wildman–Crippen MR) is 39.9 cm³/mol. The van der Waals surface area contributed by atoms with Crippen molar-refractivity contribution in [2.45, 2.75) is 0 Å². The zero-order valence-corrected chi connectivity index (χ0v) is 6.96. The molecule has 0 radical (unpaired) electrons. The number of morpholine rings is 1. The van der Waals surface area contributed by atoms with Crippen LogP contribution in [0.25, 0.3) is 0 Å². The summed E-state index contributed by atoms with van der Waals surface area (Å²) in [7, 11) is -4.14. The van der Waals surface area contributed by atoms with Gasteiger partial charge in [0.2, 0.25) is 0 Å². The Bertz CT molecular complexity index is 112. The molecule has 1 aliphatic heterocycles. The summed E-state index contributed by atoms with van der Waals surface area (Å²) < 4.78 is 14.1. The van der Waals surface area contributed by atoms with Crippen LogP contribution in [-0.4, -0.2) is 36.1 Å². The number of hydrogen-bond donors (Lipinski definition) is 4. The second-order valence-electron chi connectivity index (χ2n) is 1.95. The van der Waals surface area contributed by atoms with E-state index in [1.807, 2.05) is 0 Å². The van der Waals surface area contributed by atoms with Gasteiger partial charge in [-0.2, -0.15) is 0 Å². The van der Waals surface area contributed by atoms with E-state index < -0.39 is 7.75 Å². The van der Waals surface area contributed by atoms with Crippen molar-refractivity contribution in [1.29, 1.82) is 0 Å². The van der Waals surface area contributed by atoms with E-state index in [9.17, 15) is 0 Å². The molecule has 68 valence electrons. The van der Waals surface area contributed by atoms with Crippen molar-refractivity contribution in [3.8, 4) is 0 Å². The molecule has 0 aromatic rings. The third-order valence-corrected chi connectivity index (χ3v) is 0.846. The fourth-order valence-electron chi connectivity index (χ4n) is 0.516. The van der Waals surface area contributed by atoms with Gasteiger partial charge in [-0.1, -0.05) is 0 Å². The quantitative estimate of drug-likeness (QED) is 0.347.